The SMILES string of the molecule is CC12CCC/C(=C\CN(N)/N=C(\N)c3cccc(F)c3)C1CCC2CCCC(F)(F)C(C)(C)O. The van der Waals surface area contributed by atoms with Gasteiger partial charge in [0.25, 0.3) is 5.92 Å². The molecular weight excluding hydrogens is 441 g/mol. The molecule has 8 heteroatoms. The van der Waals surface area contributed by atoms with Crippen molar-refractivity contribution in [2.75, 3.05) is 6.54 Å². The maximum absolute atomic E-state index is 14.2. The number of nitrogens with zero attached hydrogens (tertiary/aromatic N) is 2. The van der Waals surface area contributed by atoms with Crippen LogP contribution in [0.3, 0.4) is 0 Å². The average molecular weight is 481 g/mol. The monoisotopic (exact) mass is 480 g/mol. The maximum Gasteiger partial charge on any atom is 0.275 e. The Bertz CT molecular complexity index is 912. The fraction of sp³-hybridized carbons (Fsp3) is 0.654. The van der Waals surface area contributed by atoms with Crippen molar-refractivity contribution in [3.63, 3.8) is 0 Å². The number of hydrazine groups is 1. The Kier molecular flexibility index (Phi) is 8.03. The predicted molar refractivity (Wildman–Crippen MR) is 129 cm³/mol. The normalized spacial score (nSPS) is 27.2. The summed E-state index contributed by atoms with van der Waals surface area (Å²) >= 11 is 0. The molecule has 0 amide bonds. The Labute approximate surface area is 201 Å². The summed E-state index contributed by atoms with van der Waals surface area (Å²) in [6.07, 6.45) is 8.24. The molecular formula is C26H39F3N4O. The van der Waals surface area contributed by atoms with E-state index in [0.717, 1.165) is 38.5 Å². The molecule has 1 aromatic rings. The molecule has 0 bridgehead atoms. The number of alkyl halides is 2. The van der Waals surface area contributed by atoms with Crippen molar-refractivity contribution < 1.29 is 18.3 Å². The molecule has 0 aliphatic heterocycles. The van der Waals surface area contributed by atoms with Gasteiger partial charge in [0.2, 0.25) is 0 Å². The summed E-state index contributed by atoms with van der Waals surface area (Å²) in [4.78, 5) is 0. The van der Waals surface area contributed by atoms with E-state index in [1.54, 1.807) is 12.1 Å². The summed E-state index contributed by atoms with van der Waals surface area (Å²) in [6, 6.07) is 5.90. The number of hydrogen-bond acceptors (Lipinski definition) is 4. The Morgan fingerprint density at radius 3 is 2.74 bits per heavy atom. The quantitative estimate of drug-likeness (QED) is 0.146. The Morgan fingerprint density at radius 2 is 2.06 bits per heavy atom. The highest BCUT2D eigenvalue weighted by Gasteiger charge is 2.49. The first-order valence-electron chi connectivity index (χ1n) is 12.2. The lowest BCUT2D eigenvalue weighted by molar-refractivity contribution is -0.166. The first-order valence-corrected chi connectivity index (χ1v) is 12.2. The zero-order valence-electron chi connectivity index (χ0n) is 20.5. The van der Waals surface area contributed by atoms with Crippen molar-refractivity contribution in [2.24, 2.45) is 33.9 Å². The lowest BCUT2D eigenvalue weighted by atomic mass is 9.62. The highest BCUT2D eigenvalue weighted by atomic mass is 19.3. The second kappa shape index (κ2) is 10.3. The third-order valence-corrected chi connectivity index (χ3v) is 8.00. The van der Waals surface area contributed by atoms with Gasteiger partial charge in [-0.05, 0) is 88.2 Å². The van der Waals surface area contributed by atoms with Crippen LogP contribution in [-0.2, 0) is 0 Å². The minimum atomic E-state index is -3.08. The molecule has 2 aliphatic carbocycles. The average Bonchev–Trinajstić information content (AvgIpc) is 3.08. The molecule has 190 valence electrons. The third kappa shape index (κ3) is 5.95. The summed E-state index contributed by atoms with van der Waals surface area (Å²) in [7, 11) is 0. The molecule has 0 radical (unpaired) electrons. The number of allylic oxidation sites excluding steroid dienone is 1. The van der Waals surface area contributed by atoms with Gasteiger partial charge in [-0.2, -0.15) is 0 Å². The minimum absolute atomic E-state index is 0.0946. The maximum atomic E-state index is 14.2. The second-order valence-electron chi connectivity index (χ2n) is 10.7. The number of halogens is 3. The number of hydrazone groups is 1. The van der Waals surface area contributed by atoms with Crippen LogP contribution in [0.4, 0.5) is 13.2 Å². The summed E-state index contributed by atoms with van der Waals surface area (Å²) in [5, 5.41) is 15.2. The van der Waals surface area contributed by atoms with E-state index in [9.17, 15) is 18.3 Å². The third-order valence-electron chi connectivity index (χ3n) is 8.00. The topological polar surface area (TPSA) is 87.9 Å². The van der Waals surface area contributed by atoms with Crippen molar-refractivity contribution in [1.82, 2.24) is 5.12 Å². The summed E-state index contributed by atoms with van der Waals surface area (Å²) < 4.78 is 41.8. The van der Waals surface area contributed by atoms with E-state index < -0.39 is 11.5 Å². The van der Waals surface area contributed by atoms with Crippen molar-refractivity contribution in [1.29, 1.82) is 0 Å². The molecule has 2 fully saturated rings. The predicted octanol–water partition coefficient (Wildman–Crippen LogP) is 5.34. The van der Waals surface area contributed by atoms with E-state index in [0.29, 0.717) is 30.4 Å². The van der Waals surface area contributed by atoms with Gasteiger partial charge >= 0.3 is 0 Å². The Balaban J connectivity index is 1.61. The molecule has 2 aliphatic rings. The summed E-state index contributed by atoms with van der Waals surface area (Å²) in [5.74, 6) is 3.54. The number of aliphatic hydroxyl groups is 1. The van der Waals surface area contributed by atoms with Crippen molar-refractivity contribution in [3.05, 3.63) is 47.3 Å². The van der Waals surface area contributed by atoms with Crippen LogP contribution >= 0.6 is 0 Å². The molecule has 3 atom stereocenters. The molecule has 0 spiro atoms. The molecule has 2 saturated carbocycles. The van der Waals surface area contributed by atoms with Gasteiger partial charge in [0, 0.05) is 12.0 Å². The molecule has 0 heterocycles. The number of hydrogen-bond donors (Lipinski definition) is 3. The number of benzene rings is 1. The molecule has 5 nitrogen and oxygen atoms in total. The van der Waals surface area contributed by atoms with Gasteiger partial charge < -0.3 is 10.8 Å². The van der Waals surface area contributed by atoms with Crippen molar-refractivity contribution in [3.8, 4) is 0 Å². The lowest BCUT2D eigenvalue weighted by Gasteiger charge is -2.43. The standard InChI is InChI=1S/C26H39F3N4O/c1-24(2,34)26(28,29)15-6-9-20-11-12-22-18(8-5-14-25(20,22)3)13-16-33(31)32-23(30)19-7-4-10-21(27)17-19/h4,7,10,13,17,20,22,34H,5-6,8-9,11-12,14-16,31H2,1-3H3,(H2,30,32)/b18-13+. The second-order valence-corrected chi connectivity index (χ2v) is 10.7. The zero-order valence-corrected chi connectivity index (χ0v) is 20.5. The van der Waals surface area contributed by atoms with E-state index in [1.807, 2.05) is 0 Å². The van der Waals surface area contributed by atoms with E-state index >= 15 is 0 Å². The van der Waals surface area contributed by atoms with Crippen LogP contribution in [0.5, 0.6) is 0 Å². The first kappa shape index (κ1) is 26.5. The minimum Gasteiger partial charge on any atom is -0.384 e. The molecule has 3 unspecified atom stereocenters. The van der Waals surface area contributed by atoms with E-state index in [1.165, 1.54) is 36.7 Å². The van der Waals surface area contributed by atoms with Crippen LogP contribution < -0.4 is 11.6 Å². The largest absolute Gasteiger partial charge is 0.384 e. The molecule has 34 heavy (non-hydrogen) atoms. The molecule has 5 N–H and O–H groups in total. The van der Waals surface area contributed by atoms with E-state index in [4.69, 9.17) is 11.6 Å². The van der Waals surface area contributed by atoms with E-state index in [-0.39, 0.29) is 23.5 Å². The zero-order chi connectivity index (χ0) is 25.1. The molecule has 0 aromatic heterocycles. The van der Waals surface area contributed by atoms with Gasteiger partial charge in [0.05, 0.1) is 6.54 Å². The fourth-order valence-electron chi connectivity index (χ4n) is 5.84. The van der Waals surface area contributed by atoms with Gasteiger partial charge in [-0.25, -0.2) is 24.1 Å². The van der Waals surface area contributed by atoms with Crippen LogP contribution in [-0.4, -0.2) is 34.1 Å². The van der Waals surface area contributed by atoms with Gasteiger partial charge in [-0.1, -0.05) is 30.7 Å². The smallest absolute Gasteiger partial charge is 0.275 e. The highest BCUT2D eigenvalue weighted by Crippen LogP contribution is 2.58. The molecule has 0 saturated heterocycles. The number of nitrogens with two attached hydrogens (primary N) is 2. The molecule has 1 aromatic carbocycles. The van der Waals surface area contributed by atoms with Crippen LogP contribution in [0, 0.1) is 23.1 Å². The number of rotatable bonds is 9. The van der Waals surface area contributed by atoms with Gasteiger partial charge in [-0.3, -0.25) is 0 Å². The van der Waals surface area contributed by atoms with Gasteiger partial charge in [0.15, 0.2) is 5.84 Å². The van der Waals surface area contributed by atoms with Crippen molar-refractivity contribution >= 4 is 5.84 Å². The van der Waals surface area contributed by atoms with Gasteiger partial charge in [-0.15, -0.1) is 5.10 Å². The van der Waals surface area contributed by atoms with Crippen LogP contribution in [0.2, 0.25) is 0 Å². The van der Waals surface area contributed by atoms with Gasteiger partial charge in [0.1, 0.15) is 11.4 Å². The Morgan fingerprint density at radius 1 is 1.32 bits per heavy atom. The molecule has 3 rings (SSSR count). The Hall–Kier alpha value is -2.06. The lowest BCUT2D eigenvalue weighted by Crippen LogP contribution is -2.42. The van der Waals surface area contributed by atoms with Crippen LogP contribution in [0.15, 0.2) is 41.0 Å². The van der Waals surface area contributed by atoms with E-state index in [2.05, 4.69) is 18.1 Å². The fourth-order valence-corrected chi connectivity index (χ4v) is 5.84. The van der Waals surface area contributed by atoms with Crippen molar-refractivity contribution in [2.45, 2.75) is 83.7 Å². The number of fused-ring (bicyclic) bond motifs is 1. The number of amidine groups is 1. The van der Waals surface area contributed by atoms with Crippen LogP contribution in [0.1, 0.15) is 77.7 Å². The summed E-state index contributed by atoms with van der Waals surface area (Å²) in [6.45, 7) is 5.04. The highest BCUT2D eigenvalue weighted by molar-refractivity contribution is 5.97. The summed E-state index contributed by atoms with van der Waals surface area (Å²) in [5.41, 5.74) is 5.90. The van der Waals surface area contributed by atoms with Crippen LogP contribution in [0.25, 0.3) is 0 Å². The first-order chi connectivity index (χ1) is 15.8.